The minimum atomic E-state index is -0.741. The fourth-order valence-corrected chi connectivity index (χ4v) is 3.07. The number of hydrazine groups is 1. The molecule has 4 nitrogen and oxygen atoms in total. The maximum absolute atomic E-state index is 14.4. The minimum Gasteiger partial charge on any atom is -0.397 e. The standard InChI is InChI=1S/C18H22F2N4/c1-12-15(19)11-16(21)18(17(12)20)24(22)14-7-5-13(6-8-14)23-9-3-2-4-10-23/h5-8,11H,2-4,9-10,21-22H2,1H3. The molecule has 1 aliphatic rings. The molecule has 1 saturated heterocycles. The van der Waals surface area contributed by atoms with Crippen LogP contribution in [-0.2, 0) is 0 Å². The third-order valence-corrected chi connectivity index (χ3v) is 4.54. The minimum absolute atomic E-state index is 0.0142. The number of benzene rings is 2. The zero-order valence-corrected chi connectivity index (χ0v) is 13.7. The van der Waals surface area contributed by atoms with Gasteiger partial charge in [0.1, 0.15) is 11.5 Å². The molecule has 0 bridgehead atoms. The highest BCUT2D eigenvalue weighted by atomic mass is 19.1. The van der Waals surface area contributed by atoms with Crippen LogP contribution in [0.2, 0.25) is 0 Å². The number of halogens is 2. The van der Waals surface area contributed by atoms with E-state index in [1.807, 2.05) is 24.3 Å². The molecule has 1 aliphatic heterocycles. The molecule has 0 amide bonds. The smallest absolute Gasteiger partial charge is 0.156 e. The SMILES string of the molecule is Cc1c(F)cc(N)c(N(N)c2ccc(N3CCCCC3)cc2)c1F. The second-order valence-electron chi connectivity index (χ2n) is 6.17. The second-order valence-corrected chi connectivity index (χ2v) is 6.17. The highest BCUT2D eigenvalue weighted by Gasteiger charge is 2.19. The molecule has 2 aromatic carbocycles. The van der Waals surface area contributed by atoms with Crippen molar-refractivity contribution in [2.45, 2.75) is 26.2 Å². The summed E-state index contributed by atoms with van der Waals surface area (Å²) < 4.78 is 27.9. The maximum Gasteiger partial charge on any atom is 0.156 e. The Morgan fingerprint density at radius 2 is 1.67 bits per heavy atom. The van der Waals surface area contributed by atoms with E-state index in [1.165, 1.54) is 26.2 Å². The summed E-state index contributed by atoms with van der Waals surface area (Å²) in [6.45, 7) is 3.45. The molecule has 0 aliphatic carbocycles. The molecular formula is C18H22F2N4. The van der Waals surface area contributed by atoms with Crippen molar-refractivity contribution in [3.8, 4) is 0 Å². The summed E-state index contributed by atoms with van der Waals surface area (Å²) in [5, 5.41) is 1.16. The Morgan fingerprint density at radius 3 is 2.29 bits per heavy atom. The molecule has 128 valence electrons. The number of nitrogens with zero attached hydrogens (tertiary/aromatic N) is 2. The summed E-state index contributed by atoms with van der Waals surface area (Å²) in [4.78, 5) is 2.32. The van der Waals surface area contributed by atoms with E-state index in [0.29, 0.717) is 5.69 Å². The average Bonchev–Trinajstić information content (AvgIpc) is 2.60. The van der Waals surface area contributed by atoms with Crippen LogP contribution < -0.4 is 21.5 Å². The van der Waals surface area contributed by atoms with Crippen molar-refractivity contribution in [3.05, 3.63) is 47.5 Å². The van der Waals surface area contributed by atoms with Crippen LogP contribution in [-0.4, -0.2) is 13.1 Å². The van der Waals surface area contributed by atoms with Crippen molar-refractivity contribution in [3.63, 3.8) is 0 Å². The molecular weight excluding hydrogens is 310 g/mol. The molecule has 0 saturated carbocycles. The Morgan fingerprint density at radius 1 is 1.04 bits per heavy atom. The molecule has 24 heavy (non-hydrogen) atoms. The first-order valence-electron chi connectivity index (χ1n) is 8.13. The largest absolute Gasteiger partial charge is 0.397 e. The molecule has 0 atom stereocenters. The summed E-state index contributed by atoms with van der Waals surface area (Å²) in [5.74, 6) is 4.62. The first kappa shape index (κ1) is 16.5. The van der Waals surface area contributed by atoms with Crippen LogP contribution in [0.1, 0.15) is 24.8 Å². The van der Waals surface area contributed by atoms with Gasteiger partial charge in [0, 0.05) is 24.3 Å². The van der Waals surface area contributed by atoms with Gasteiger partial charge in [-0.2, -0.15) is 0 Å². The van der Waals surface area contributed by atoms with Gasteiger partial charge in [-0.15, -0.1) is 0 Å². The first-order chi connectivity index (χ1) is 11.5. The van der Waals surface area contributed by atoms with Crippen molar-refractivity contribution < 1.29 is 8.78 Å². The predicted molar refractivity (Wildman–Crippen MR) is 94.3 cm³/mol. The van der Waals surface area contributed by atoms with Crippen LogP contribution in [0.5, 0.6) is 0 Å². The Bertz CT molecular complexity index is 725. The quantitative estimate of drug-likeness (QED) is 0.509. The van der Waals surface area contributed by atoms with Gasteiger partial charge in [-0.25, -0.2) is 14.6 Å². The van der Waals surface area contributed by atoms with Crippen molar-refractivity contribution in [1.29, 1.82) is 0 Å². The molecule has 6 heteroatoms. The van der Waals surface area contributed by atoms with Gasteiger partial charge >= 0.3 is 0 Å². The van der Waals surface area contributed by atoms with E-state index >= 15 is 0 Å². The van der Waals surface area contributed by atoms with Crippen LogP contribution >= 0.6 is 0 Å². The van der Waals surface area contributed by atoms with E-state index in [-0.39, 0.29) is 16.9 Å². The molecule has 1 heterocycles. The number of nitrogen functional groups attached to an aromatic ring is 1. The second kappa shape index (κ2) is 6.65. The zero-order chi connectivity index (χ0) is 17.3. The third kappa shape index (κ3) is 3.01. The van der Waals surface area contributed by atoms with Crippen molar-refractivity contribution >= 4 is 22.7 Å². The molecule has 3 rings (SSSR count). The summed E-state index contributed by atoms with van der Waals surface area (Å²) >= 11 is 0. The predicted octanol–water partition coefficient (Wildman–Crippen LogP) is 3.86. The van der Waals surface area contributed by atoms with E-state index in [4.69, 9.17) is 11.6 Å². The van der Waals surface area contributed by atoms with Gasteiger partial charge < -0.3 is 10.6 Å². The topological polar surface area (TPSA) is 58.5 Å². The fourth-order valence-electron chi connectivity index (χ4n) is 3.07. The molecule has 4 N–H and O–H groups in total. The van der Waals surface area contributed by atoms with Gasteiger partial charge in [0.15, 0.2) is 5.82 Å². The Labute approximate surface area is 140 Å². The van der Waals surface area contributed by atoms with Crippen LogP contribution in [0.4, 0.5) is 31.5 Å². The van der Waals surface area contributed by atoms with Crippen LogP contribution in [0.25, 0.3) is 0 Å². The summed E-state index contributed by atoms with van der Waals surface area (Å²) in [5.41, 5.74) is 7.34. The monoisotopic (exact) mass is 332 g/mol. The van der Waals surface area contributed by atoms with E-state index in [1.54, 1.807) is 0 Å². The molecule has 0 radical (unpaired) electrons. The summed E-state index contributed by atoms with van der Waals surface area (Å²) in [7, 11) is 0. The number of anilines is 4. The van der Waals surface area contributed by atoms with Crippen LogP contribution in [0.3, 0.4) is 0 Å². The number of piperidine rings is 1. The molecule has 1 fully saturated rings. The van der Waals surface area contributed by atoms with Gasteiger partial charge in [0.2, 0.25) is 0 Å². The average molecular weight is 332 g/mol. The lowest BCUT2D eigenvalue weighted by Crippen LogP contribution is -2.30. The van der Waals surface area contributed by atoms with Gasteiger partial charge in [-0.05, 0) is 56.5 Å². The highest BCUT2D eigenvalue weighted by Crippen LogP contribution is 2.34. The van der Waals surface area contributed by atoms with Gasteiger partial charge in [0.05, 0.1) is 11.4 Å². The van der Waals surface area contributed by atoms with E-state index in [0.717, 1.165) is 29.9 Å². The van der Waals surface area contributed by atoms with Gasteiger partial charge in [0.25, 0.3) is 0 Å². The molecule has 0 unspecified atom stereocenters. The van der Waals surface area contributed by atoms with Gasteiger partial charge in [-0.3, -0.25) is 5.01 Å². The number of rotatable bonds is 3. The summed E-state index contributed by atoms with van der Waals surface area (Å²) in [6.07, 6.45) is 3.66. The van der Waals surface area contributed by atoms with Crippen molar-refractivity contribution in [2.75, 3.05) is 28.7 Å². The van der Waals surface area contributed by atoms with Crippen molar-refractivity contribution in [1.82, 2.24) is 0 Å². The van der Waals surface area contributed by atoms with E-state index in [9.17, 15) is 8.78 Å². The summed E-state index contributed by atoms with van der Waals surface area (Å²) in [6, 6.07) is 8.66. The number of hydrogen-bond donors (Lipinski definition) is 2. The van der Waals surface area contributed by atoms with Crippen LogP contribution in [0.15, 0.2) is 30.3 Å². The molecule has 0 spiro atoms. The lowest BCUT2D eigenvalue weighted by atomic mass is 10.1. The Kier molecular flexibility index (Phi) is 4.57. The van der Waals surface area contributed by atoms with E-state index in [2.05, 4.69) is 4.90 Å². The first-order valence-corrected chi connectivity index (χ1v) is 8.13. The molecule has 0 aromatic heterocycles. The number of nitrogens with two attached hydrogens (primary N) is 2. The van der Waals surface area contributed by atoms with Crippen molar-refractivity contribution in [2.24, 2.45) is 5.84 Å². The fraction of sp³-hybridized carbons (Fsp3) is 0.333. The maximum atomic E-state index is 14.4. The Hall–Kier alpha value is -2.34. The zero-order valence-electron chi connectivity index (χ0n) is 13.7. The van der Waals surface area contributed by atoms with E-state index < -0.39 is 11.6 Å². The third-order valence-electron chi connectivity index (χ3n) is 4.54. The Balaban J connectivity index is 1.88. The highest BCUT2D eigenvalue weighted by molar-refractivity contribution is 5.76. The molecule has 2 aromatic rings. The normalized spacial score (nSPS) is 14.8. The lowest BCUT2D eigenvalue weighted by molar-refractivity contribution is 0.569. The van der Waals surface area contributed by atoms with Gasteiger partial charge in [-0.1, -0.05) is 0 Å². The number of hydrogen-bond acceptors (Lipinski definition) is 4. The van der Waals surface area contributed by atoms with Crippen LogP contribution in [0, 0.1) is 18.6 Å². The lowest BCUT2D eigenvalue weighted by Gasteiger charge is -2.29.